The molecule has 27 heavy (non-hydrogen) atoms. The number of rotatable bonds is 4. The first-order valence-electron chi connectivity index (χ1n) is 8.78. The Kier molecular flexibility index (Phi) is 4.68. The molecule has 0 unspecified atom stereocenters. The number of carbonyl (C=O) groups is 1. The van der Waals surface area contributed by atoms with Crippen LogP contribution in [0.1, 0.15) is 23.9 Å². The summed E-state index contributed by atoms with van der Waals surface area (Å²) in [6.07, 6.45) is 0.820. The van der Waals surface area contributed by atoms with Crippen LogP contribution in [0.15, 0.2) is 47.0 Å². The van der Waals surface area contributed by atoms with E-state index in [0.717, 1.165) is 25.2 Å². The van der Waals surface area contributed by atoms with Crippen molar-refractivity contribution in [2.45, 2.75) is 26.4 Å². The molecule has 0 bridgehead atoms. The van der Waals surface area contributed by atoms with E-state index in [4.69, 9.17) is 4.52 Å². The summed E-state index contributed by atoms with van der Waals surface area (Å²) in [6, 6.07) is 12.3. The molecule has 2 aromatic carbocycles. The first-order chi connectivity index (χ1) is 13.1. The number of halogens is 1. The van der Waals surface area contributed by atoms with E-state index in [9.17, 15) is 9.18 Å². The van der Waals surface area contributed by atoms with Gasteiger partial charge in [0.2, 0.25) is 17.6 Å². The molecule has 1 N–H and O–H groups in total. The van der Waals surface area contributed by atoms with Gasteiger partial charge in [0.1, 0.15) is 5.82 Å². The summed E-state index contributed by atoms with van der Waals surface area (Å²) >= 11 is 0. The molecule has 0 saturated carbocycles. The lowest BCUT2D eigenvalue weighted by Gasteiger charge is -2.28. The highest BCUT2D eigenvalue weighted by atomic mass is 19.1. The van der Waals surface area contributed by atoms with Crippen LogP contribution in [-0.4, -0.2) is 27.5 Å². The molecule has 3 aromatic rings. The SMILES string of the molecule is CC(=O)Nc1cccc2c1CCN(Cc1nc(-c3ccccc3F)no1)C2. The van der Waals surface area contributed by atoms with Crippen molar-refractivity contribution >= 4 is 11.6 Å². The van der Waals surface area contributed by atoms with Crippen molar-refractivity contribution < 1.29 is 13.7 Å². The Morgan fingerprint density at radius 2 is 2.11 bits per heavy atom. The van der Waals surface area contributed by atoms with Gasteiger partial charge in [-0.2, -0.15) is 4.98 Å². The van der Waals surface area contributed by atoms with Gasteiger partial charge in [-0.1, -0.05) is 29.4 Å². The summed E-state index contributed by atoms with van der Waals surface area (Å²) in [6.45, 7) is 3.53. The van der Waals surface area contributed by atoms with Gasteiger partial charge in [0.05, 0.1) is 12.1 Å². The predicted octanol–water partition coefficient (Wildman–Crippen LogP) is 3.39. The molecular formula is C20H19FN4O2. The van der Waals surface area contributed by atoms with E-state index < -0.39 is 0 Å². The molecule has 0 saturated heterocycles. The Hall–Kier alpha value is -3.06. The van der Waals surface area contributed by atoms with Gasteiger partial charge in [-0.3, -0.25) is 9.69 Å². The summed E-state index contributed by atoms with van der Waals surface area (Å²) in [5, 5.41) is 6.79. The van der Waals surface area contributed by atoms with Crippen molar-refractivity contribution in [3.8, 4) is 11.4 Å². The maximum absolute atomic E-state index is 13.9. The van der Waals surface area contributed by atoms with Gasteiger partial charge < -0.3 is 9.84 Å². The molecule has 0 aliphatic carbocycles. The molecule has 1 amide bonds. The number of aromatic nitrogens is 2. The number of hydrogen-bond acceptors (Lipinski definition) is 5. The molecule has 1 aliphatic rings. The fourth-order valence-electron chi connectivity index (χ4n) is 3.37. The highest BCUT2D eigenvalue weighted by Crippen LogP contribution is 2.27. The average Bonchev–Trinajstić information content (AvgIpc) is 3.10. The van der Waals surface area contributed by atoms with Gasteiger partial charge in [0, 0.05) is 25.7 Å². The van der Waals surface area contributed by atoms with E-state index in [-0.39, 0.29) is 17.5 Å². The highest BCUT2D eigenvalue weighted by molar-refractivity contribution is 5.89. The smallest absolute Gasteiger partial charge is 0.241 e. The minimum Gasteiger partial charge on any atom is -0.338 e. The zero-order valence-corrected chi connectivity index (χ0v) is 14.9. The standard InChI is InChI=1S/C20H19FN4O2/c1-13(26)22-18-8-4-5-14-11-25(10-9-15(14)18)12-19-23-20(24-27-19)16-6-2-3-7-17(16)21/h2-8H,9-12H2,1H3,(H,22,26). The van der Waals surface area contributed by atoms with Crippen molar-refractivity contribution in [1.82, 2.24) is 15.0 Å². The van der Waals surface area contributed by atoms with E-state index in [1.165, 1.54) is 24.1 Å². The van der Waals surface area contributed by atoms with E-state index in [0.29, 0.717) is 18.0 Å². The van der Waals surface area contributed by atoms with E-state index in [1.807, 2.05) is 12.1 Å². The average molecular weight is 366 g/mol. The normalized spacial score (nSPS) is 14.0. The molecule has 6 nitrogen and oxygen atoms in total. The summed E-state index contributed by atoms with van der Waals surface area (Å²) in [5.74, 6) is 0.266. The fraction of sp³-hybridized carbons (Fsp3) is 0.250. The Morgan fingerprint density at radius 1 is 1.26 bits per heavy atom. The van der Waals surface area contributed by atoms with Gasteiger partial charge >= 0.3 is 0 Å². The lowest BCUT2D eigenvalue weighted by Crippen LogP contribution is -2.30. The second-order valence-corrected chi connectivity index (χ2v) is 6.58. The largest absolute Gasteiger partial charge is 0.338 e. The Labute approximate surface area is 156 Å². The number of benzene rings is 2. The zero-order valence-electron chi connectivity index (χ0n) is 14.9. The molecular weight excluding hydrogens is 347 g/mol. The van der Waals surface area contributed by atoms with Crippen LogP contribution in [0.3, 0.4) is 0 Å². The Bertz CT molecular complexity index is 986. The maximum atomic E-state index is 13.9. The molecule has 4 rings (SSSR count). The van der Waals surface area contributed by atoms with E-state index in [1.54, 1.807) is 18.2 Å². The lowest BCUT2D eigenvalue weighted by molar-refractivity contribution is -0.114. The first kappa shape index (κ1) is 17.4. The second-order valence-electron chi connectivity index (χ2n) is 6.58. The lowest BCUT2D eigenvalue weighted by atomic mass is 9.97. The molecule has 0 atom stereocenters. The number of anilines is 1. The van der Waals surface area contributed by atoms with Crippen LogP contribution in [0.5, 0.6) is 0 Å². The second kappa shape index (κ2) is 7.28. The van der Waals surface area contributed by atoms with Crippen molar-refractivity contribution in [1.29, 1.82) is 0 Å². The van der Waals surface area contributed by atoms with Gasteiger partial charge in [0.25, 0.3) is 0 Å². The van der Waals surface area contributed by atoms with Gasteiger partial charge in [-0.05, 0) is 35.7 Å². The van der Waals surface area contributed by atoms with Crippen molar-refractivity contribution in [3.05, 3.63) is 65.3 Å². The number of nitrogens with zero attached hydrogens (tertiary/aromatic N) is 3. The third kappa shape index (κ3) is 3.73. The van der Waals surface area contributed by atoms with Crippen LogP contribution in [0.25, 0.3) is 11.4 Å². The van der Waals surface area contributed by atoms with Crippen LogP contribution in [0.4, 0.5) is 10.1 Å². The fourth-order valence-corrected chi connectivity index (χ4v) is 3.37. The number of hydrogen-bond donors (Lipinski definition) is 1. The minimum atomic E-state index is -0.373. The van der Waals surface area contributed by atoms with Gasteiger partial charge in [-0.25, -0.2) is 4.39 Å². The molecule has 7 heteroatoms. The maximum Gasteiger partial charge on any atom is 0.241 e. The number of fused-ring (bicyclic) bond motifs is 1. The zero-order chi connectivity index (χ0) is 18.8. The monoisotopic (exact) mass is 366 g/mol. The van der Waals surface area contributed by atoms with E-state index >= 15 is 0 Å². The van der Waals surface area contributed by atoms with Crippen molar-refractivity contribution in [3.63, 3.8) is 0 Å². The number of nitrogens with one attached hydrogen (secondary N) is 1. The van der Waals surface area contributed by atoms with Crippen molar-refractivity contribution in [2.75, 3.05) is 11.9 Å². The highest BCUT2D eigenvalue weighted by Gasteiger charge is 2.21. The van der Waals surface area contributed by atoms with Crippen molar-refractivity contribution in [2.24, 2.45) is 0 Å². The topological polar surface area (TPSA) is 71.3 Å². The van der Waals surface area contributed by atoms with Gasteiger partial charge in [-0.15, -0.1) is 0 Å². The first-order valence-corrected chi connectivity index (χ1v) is 8.78. The van der Waals surface area contributed by atoms with Crippen LogP contribution in [-0.2, 0) is 24.3 Å². The molecule has 138 valence electrons. The molecule has 0 radical (unpaired) electrons. The van der Waals surface area contributed by atoms with Crippen LogP contribution in [0.2, 0.25) is 0 Å². The van der Waals surface area contributed by atoms with Crippen LogP contribution >= 0.6 is 0 Å². The van der Waals surface area contributed by atoms with Gasteiger partial charge in [0.15, 0.2) is 0 Å². The Balaban J connectivity index is 1.48. The number of amides is 1. The summed E-state index contributed by atoms with van der Waals surface area (Å²) in [4.78, 5) is 17.9. The quantitative estimate of drug-likeness (QED) is 0.766. The summed E-state index contributed by atoms with van der Waals surface area (Å²) < 4.78 is 19.2. The van der Waals surface area contributed by atoms with Crippen LogP contribution < -0.4 is 5.32 Å². The molecule has 1 aromatic heterocycles. The minimum absolute atomic E-state index is 0.0719. The molecule has 2 heterocycles. The van der Waals surface area contributed by atoms with E-state index in [2.05, 4.69) is 26.4 Å². The summed E-state index contributed by atoms with van der Waals surface area (Å²) in [5.41, 5.74) is 3.54. The Morgan fingerprint density at radius 3 is 2.93 bits per heavy atom. The molecule has 0 fully saturated rings. The predicted molar refractivity (Wildman–Crippen MR) is 98.3 cm³/mol. The molecule has 0 spiro atoms. The number of carbonyl (C=O) groups excluding carboxylic acids is 1. The third-order valence-corrected chi connectivity index (χ3v) is 4.60. The third-order valence-electron chi connectivity index (χ3n) is 4.60. The molecule has 1 aliphatic heterocycles. The summed E-state index contributed by atoms with van der Waals surface area (Å²) in [7, 11) is 0. The van der Waals surface area contributed by atoms with Crippen LogP contribution in [0, 0.1) is 5.82 Å².